The third-order valence-electron chi connectivity index (χ3n) is 2.29. The molecule has 0 atom stereocenters. The summed E-state index contributed by atoms with van der Waals surface area (Å²) in [5.41, 5.74) is 0.00567. The molecule has 0 aliphatic carbocycles. The standard InChI is InChI=1S/C12H7BrF2O2/c1-6-4-7(9(15)5-8(6)14)12(16)10-2-3-11(13)17-10/h2-5H,1H3. The molecule has 0 N–H and O–H groups in total. The van der Waals surface area contributed by atoms with E-state index >= 15 is 0 Å². The van der Waals surface area contributed by atoms with Gasteiger partial charge in [0.25, 0.3) is 0 Å². The Bertz CT molecular complexity index is 590. The number of furan rings is 1. The first-order chi connectivity index (χ1) is 7.99. The fourth-order valence-electron chi connectivity index (χ4n) is 1.40. The van der Waals surface area contributed by atoms with Gasteiger partial charge >= 0.3 is 0 Å². The smallest absolute Gasteiger partial charge is 0.231 e. The molecule has 0 saturated heterocycles. The molecule has 88 valence electrons. The lowest BCUT2D eigenvalue weighted by Gasteiger charge is -2.03. The fraction of sp³-hybridized carbons (Fsp3) is 0.0833. The predicted octanol–water partition coefficient (Wildman–Crippen LogP) is 3.86. The Balaban J connectivity index is 2.47. The lowest BCUT2D eigenvalue weighted by atomic mass is 10.1. The molecule has 0 unspecified atom stereocenters. The van der Waals surface area contributed by atoms with E-state index in [4.69, 9.17) is 4.42 Å². The highest BCUT2D eigenvalue weighted by atomic mass is 79.9. The Morgan fingerprint density at radius 2 is 1.94 bits per heavy atom. The van der Waals surface area contributed by atoms with Crippen molar-refractivity contribution in [2.45, 2.75) is 6.92 Å². The number of aryl methyl sites for hydroxylation is 1. The van der Waals surface area contributed by atoms with Gasteiger partial charge in [0, 0.05) is 6.07 Å². The molecule has 0 saturated carbocycles. The second kappa shape index (κ2) is 4.41. The second-order valence-corrected chi connectivity index (χ2v) is 4.30. The zero-order valence-electron chi connectivity index (χ0n) is 8.76. The van der Waals surface area contributed by atoms with E-state index in [0.717, 1.165) is 0 Å². The third kappa shape index (κ3) is 2.29. The predicted molar refractivity (Wildman–Crippen MR) is 60.9 cm³/mol. The van der Waals surface area contributed by atoms with E-state index < -0.39 is 17.4 Å². The van der Waals surface area contributed by atoms with Gasteiger partial charge in [0.1, 0.15) is 11.6 Å². The van der Waals surface area contributed by atoms with Crippen molar-refractivity contribution in [1.29, 1.82) is 0 Å². The van der Waals surface area contributed by atoms with E-state index in [0.29, 0.717) is 10.7 Å². The van der Waals surface area contributed by atoms with Crippen LogP contribution in [0.5, 0.6) is 0 Å². The van der Waals surface area contributed by atoms with Gasteiger partial charge in [0.2, 0.25) is 5.78 Å². The van der Waals surface area contributed by atoms with E-state index in [2.05, 4.69) is 15.9 Å². The van der Waals surface area contributed by atoms with Crippen LogP contribution in [0.3, 0.4) is 0 Å². The first kappa shape index (κ1) is 12.0. The largest absolute Gasteiger partial charge is 0.446 e. The van der Waals surface area contributed by atoms with Gasteiger partial charge in [-0.3, -0.25) is 4.79 Å². The van der Waals surface area contributed by atoms with Crippen molar-refractivity contribution < 1.29 is 18.0 Å². The zero-order valence-corrected chi connectivity index (χ0v) is 10.3. The number of rotatable bonds is 2. The Morgan fingerprint density at radius 1 is 1.24 bits per heavy atom. The van der Waals surface area contributed by atoms with Crippen molar-refractivity contribution in [3.63, 3.8) is 0 Å². The maximum atomic E-state index is 13.5. The van der Waals surface area contributed by atoms with Crippen LogP contribution >= 0.6 is 15.9 Å². The average Bonchev–Trinajstić information content (AvgIpc) is 2.69. The summed E-state index contributed by atoms with van der Waals surface area (Å²) in [6, 6.07) is 4.82. The van der Waals surface area contributed by atoms with Gasteiger partial charge in [-0.15, -0.1) is 0 Å². The van der Waals surface area contributed by atoms with Gasteiger partial charge < -0.3 is 4.42 Å². The van der Waals surface area contributed by atoms with E-state index in [-0.39, 0.29) is 16.9 Å². The molecule has 1 heterocycles. The van der Waals surface area contributed by atoms with Crippen molar-refractivity contribution >= 4 is 21.7 Å². The minimum absolute atomic E-state index is 0.00165. The lowest BCUT2D eigenvalue weighted by molar-refractivity contribution is 0.100. The summed E-state index contributed by atoms with van der Waals surface area (Å²) in [6.07, 6.45) is 0. The summed E-state index contributed by atoms with van der Waals surface area (Å²) in [6.45, 7) is 1.46. The molecular weight excluding hydrogens is 294 g/mol. The molecule has 0 radical (unpaired) electrons. The Hall–Kier alpha value is -1.49. The van der Waals surface area contributed by atoms with Gasteiger partial charge in [-0.1, -0.05) is 0 Å². The summed E-state index contributed by atoms with van der Waals surface area (Å²) in [7, 11) is 0. The lowest BCUT2D eigenvalue weighted by Crippen LogP contribution is -2.04. The third-order valence-corrected chi connectivity index (χ3v) is 2.72. The number of halogens is 3. The summed E-state index contributed by atoms with van der Waals surface area (Å²) in [5.74, 6) is -2.19. The first-order valence-electron chi connectivity index (χ1n) is 4.74. The molecule has 5 heteroatoms. The van der Waals surface area contributed by atoms with Gasteiger partial charge in [0.15, 0.2) is 10.4 Å². The summed E-state index contributed by atoms with van der Waals surface area (Å²) < 4.78 is 31.9. The SMILES string of the molecule is Cc1cc(C(=O)c2ccc(Br)o2)c(F)cc1F. The molecule has 0 bridgehead atoms. The highest BCUT2D eigenvalue weighted by Crippen LogP contribution is 2.21. The number of benzene rings is 1. The average molecular weight is 301 g/mol. The van der Waals surface area contributed by atoms with E-state index in [9.17, 15) is 13.6 Å². The summed E-state index contributed by atoms with van der Waals surface area (Å²) in [4.78, 5) is 11.9. The molecular formula is C12H7BrF2O2. The number of hydrogen-bond donors (Lipinski definition) is 0. The van der Waals surface area contributed by atoms with Gasteiger partial charge in [-0.25, -0.2) is 8.78 Å². The molecule has 0 amide bonds. The van der Waals surface area contributed by atoms with Crippen LogP contribution in [0.2, 0.25) is 0 Å². The van der Waals surface area contributed by atoms with E-state index in [1.54, 1.807) is 0 Å². The Labute approximate surface area is 104 Å². The molecule has 0 fully saturated rings. The second-order valence-electron chi connectivity index (χ2n) is 3.51. The number of carbonyl (C=O) groups excluding carboxylic acids is 1. The Kier molecular flexibility index (Phi) is 3.11. The van der Waals surface area contributed by atoms with Gasteiger partial charge in [-0.05, 0) is 46.6 Å². The molecule has 0 aliphatic heterocycles. The minimum Gasteiger partial charge on any atom is -0.446 e. The fourth-order valence-corrected chi connectivity index (χ4v) is 1.71. The molecule has 1 aromatic carbocycles. The molecule has 2 nitrogen and oxygen atoms in total. The quantitative estimate of drug-likeness (QED) is 0.788. The van der Waals surface area contributed by atoms with Crippen LogP contribution in [0.25, 0.3) is 0 Å². The Morgan fingerprint density at radius 3 is 2.53 bits per heavy atom. The molecule has 2 rings (SSSR count). The highest BCUT2D eigenvalue weighted by Gasteiger charge is 2.19. The van der Waals surface area contributed by atoms with Crippen molar-refractivity contribution in [1.82, 2.24) is 0 Å². The minimum atomic E-state index is -0.898. The van der Waals surface area contributed by atoms with Crippen molar-refractivity contribution in [2.75, 3.05) is 0 Å². The molecule has 0 spiro atoms. The number of carbonyl (C=O) groups is 1. The van der Waals surface area contributed by atoms with Crippen LogP contribution in [0, 0.1) is 18.6 Å². The van der Waals surface area contributed by atoms with Gasteiger partial charge in [0.05, 0.1) is 5.56 Å². The topological polar surface area (TPSA) is 30.2 Å². The highest BCUT2D eigenvalue weighted by molar-refractivity contribution is 9.10. The van der Waals surface area contributed by atoms with E-state index in [1.807, 2.05) is 0 Å². The first-order valence-corrected chi connectivity index (χ1v) is 5.54. The van der Waals surface area contributed by atoms with Crippen molar-refractivity contribution in [3.05, 3.63) is 57.5 Å². The zero-order chi connectivity index (χ0) is 12.6. The molecule has 2 aromatic rings. The molecule has 0 aliphatic rings. The van der Waals surface area contributed by atoms with Crippen LogP contribution in [0.4, 0.5) is 8.78 Å². The summed E-state index contributed by atoms with van der Waals surface area (Å²) in [5, 5.41) is 0. The van der Waals surface area contributed by atoms with E-state index in [1.165, 1.54) is 25.1 Å². The summed E-state index contributed by atoms with van der Waals surface area (Å²) >= 11 is 3.04. The van der Waals surface area contributed by atoms with Gasteiger partial charge in [-0.2, -0.15) is 0 Å². The maximum absolute atomic E-state index is 13.5. The monoisotopic (exact) mass is 300 g/mol. The van der Waals surface area contributed by atoms with Crippen LogP contribution in [0.1, 0.15) is 21.7 Å². The van der Waals surface area contributed by atoms with Crippen molar-refractivity contribution in [3.8, 4) is 0 Å². The molecule has 17 heavy (non-hydrogen) atoms. The van der Waals surface area contributed by atoms with Crippen LogP contribution < -0.4 is 0 Å². The number of hydrogen-bond acceptors (Lipinski definition) is 2. The normalized spacial score (nSPS) is 10.6. The van der Waals surface area contributed by atoms with Crippen LogP contribution in [0.15, 0.2) is 33.4 Å². The van der Waals surface area contributed by atoms with Crippen LogP contribution in [-0.4, -0.2) is 5.78 Å². The van der Waals surface area contributed by atoms with Crippen molar-refractivity contribution in [2.24, 2.45) is 0 Å². The number of ketones is 1. The van der Waals surface area contributed by atoms with Crippen LogP contribution in [-0.2, 0) is 0 Å². The maximum Gasteiger partial charge on any atom is 0.231 e. The molecule has 1 aromatic heterocycles.